The fraction of sp³-hybridized carbons (Fsp3) is 0.556. The van der Waals surface area contributed by atoms with E-state index in [1.807, 2.05) is 0 Å². The highest BCUT2D eigenvalue weighted by Gasteiger charge is 2.26. The number of rotatable bonds is 4. The maximum absolute atomic E-state index is 12.4. The van der Waals surface area contributed by atoms with Crippen LogP contribution in [0.4, 0.5) is 5.69 Å². The van der Waals surface area contributed by atoms with Crippen LogP contribution in [-0.2, 0) is 4.79 Å². The van der Waals surface area contributed by atoms with Crippen molar-refractivity contribution >= 4 is 17.5 Å². The summed E-state index contributed by atoms with van der Waals surface area (Å²) in [4.78, 5) is 28.1. The summed E-state index contributed by atoms with van der Waals surface area (Å²) in [6.07, 6.45) is 1.12. The second-order valence-electron chi connectivity index (χ2n) is 6.88. The van der Waals surface area contributed by atoms with E-state index < -0.39 is 0 Å². The van der Waals surface area contributed by atoms with Gasteiger partial charge < -0.3 is 19.9 Å². The Morgan fingerprint density at radius 1 is 1.42 bits per heavy atom. The molecule has 2 aliphatic heterocycles. The Morgan fingerprint density at radius 3 is 2.92 bits per heavy atom. The summed E-state index contributed by atoms with van der Waals surface area (Å²) in [5.41, 5.74) is 1.20. The molecule has 2 amide bonds. The first-order chi connectivity index (χ1) is 11.5. The molecule has 3 rings (SSSR count). The molecule has 24 heavy (non-hydrogen) atoms. The van der Waals surface area contributed by atoms with E-state index in [1.165, 1.54) is 4.90 Å². The normalized spacial score (nSPS) is 20.9. The molecule has 1 fully saturated rings. The molecule has 2 aliphatic rings. The van der Waals surface area contributed by atoms with Crippen molar-refractivity contribution in [2.75, 3.05) is 38.2 Å². The Balaban J connectivity index is 1.61. The van der Waals surface area contributed by atoms with Gasteiger partial charge in [-0.2, -0.15) is 0 Å². The Kier molecular flexibility index (Phi) is 4.76. The van der Waals surface area contributed by atoms with Gasteiger partial charge in [0.2, 0.25) is 0 Å². The van der Waals surface area contributed by atoms with Crippen LogP contribution in [0.5, 0.6) is 5.75 Å². The topological polar surface area (TPSA) is 61.9 Å². The largest absolute Gasteiger partial charge is 0.482 e. The number of likely N-dealkylation sites (tertiary alicyclic amines) is 1. The van der Waals surface area contributed by atoms with Crippen molar-refractivity contribution in [3.05, 3.63) is 23.8 Å². The van der Waals surface area contributed by atoms with E-state index in [1.54, 1.807) is 25.2 Å². The summed E-state index contributed by atoms with van der Waals surface area (Å²) in [7, 11) is 1.70. The molecule has 1 atom stereocenters. The first kappa shape index (κ1) is 16.8. The van der Waals surface area contributed by atoms with Gasteiger partial charge in [0.15, 0.2) is 6.61 Å². The van der Waals surface area contributed by atoms with E-state index in [9.17, 15) is 9.59 Å². The molecule has 130 valence electrons. The number of hydrogen-bond acceptors (Lipinski definition) is 4. The van der Waals surface area contributed by atoms with Crippen molar-refractivity contribution in [1.29, 1.82) is 0 Å². The Bertz CT molecular complexity index is 644. The predicted octanol–water partition coefficient (Wildman–Crippen LogP) is 1.50. The number of anilines is 1. The third kappa shape index (κ3) is 3.38. The lowest BCUT2D eigenvalue weighted by Gasteiger charge is -2.26. The fourth-order valence-electron chi connectivity index (χ4n) is 3.25. The van der Waals surface area contributed by atoms with Gasteiger partial charge in [-0.15, -0.1) is 0 Å². The number of carbonyl (C=O) groups is 2. The quantitative estimate of drug-likeness (QED) is 0.908. The molecule has 1 aromatic rings. The lowest BCUT2D eigenvalue weighted by molar-refractivity contribution is -0.120. The summed E-state index contributed by atoms with van der Waals surface area (Å²) < 4.78 is 5.39. The van der Waals surface area contributed by atoms with Crippen molar-refractivity contribution < 1.29 is 14.3 Å². The number of likely N-dealkylation sites (N-methyl/N-ethyl adjacent to an activating group) is 1. The van der Waals surface area contributed by atoms with Gasteiger partial charge in [-0.3, -0.25) is 9.59 Å². The Labute approximate surface area is 142 Å². The summed E-state index contributed by atoms with van der Waals surface area (Å²) in [5, 5.41) is 3.02. The maximum atomic E-state index is 12.4. The zero-order chi connectivity index (χ0) is 17.3. The van der Waals surface area contributed by atoms with E-state index >= 15 is 0 Å². The number of carbonyl (C=O) groups excluding carboxylic acids is 2. The van der Waals surface area contributed by atoms with Gasteiger partial charge in [0, 0.05) is 31.7 Å². The highest BCUT2D eigenvalue weighted by Crippen LogP contribution is 2.31. The van der Waals surface area contributed by atoms with Gasteiger partial charge in [0.25, 0.3) is 11.8 Å². The standard InChI is InChI=1S/C18H25N3O3/c1-12(2)21-7-6-13(10-21)9-19-18(23)14-4-5-16-15(8-14)20(3)17(22)11-24-16/h4-5,8,12-13H,6-7,9-11H2,1-3H3,(H,19,23). The highest BCUT2D eigenvalue weighted by molar-refractivity contribution is 6.00. The minimum absolute atomic E-state index is 0.0447. The maximum Gasteiger partial charge on any atom is 0.264 e. The molecule has 2 heterocycles. The number of nitrogens with one attached hydrogen (secondary N) is 1. The molecule has 0 spiro atoms. The van der Waals surface area contributed by atoms with Crippen LogP contribution < -0.4 is 15.0 Å². The molecule has 0 aliphatic carbocycles. The molecular weight excluding hydrogens is 306 g/mol. The zero-order valence-corrected chi connectivity index (χ0v) is 14.5. The molecule has 1 aromatic carbocycles. The molecule has 0 bridgehead atoms. The lowest BCUT2D eigenvalue weighted by atomic mass is 10.1. The average molecular weight is 331 g/mol. The van der Waals surface area contributed by atoms with Gasteiger partial charge >= 0.3 is 0 Å². The van der Waals surface area contributed by atoms with Gasteiger partial charge in [-0.25, -0.2) is 0 Å². The molecule has 6 heteroatoms. The van der Waals surface area contributed by atoms with E-state index in [4.69, 9.17) is 4.74 Å². The van der Waals surface area contributed by atoms with Gasteiger partial charge in [0.1, 0.15) is 5.75 Å². The van der Waals surface area contributed by atoms with Crippen LogP contribution in [0.1, 0.15) is 30.6 Å². The van der Waals surface area contributed by atoms with Crippen LogP contribution in [0.2, 0.25) is 0 Å². The zero-order valence-electron chi connectivity index (χ0n) is 14.5. The van der Waals surface area contributed by atoms with E-state index in [2.05, 4.69) is 24.1 Å². The first-order valence-electron chi connectivity index (χ1n) is 8.51. The van der Waals surface area contributed by atoms with E-state index in [0.717, 1.165) is 19.5 Å². The van der Waals surface area contributed by atoms with Crippen LogP contribution in [0.15, 0.2) is 18.2 Å². The van der Waals surface area contributed by atoms with Crippen LogP contribution in [0.3, 0.4) is 0 Å². The van der Waals surface area contributed by atoms with Crippen molar-refractivity contribution in [2.45, 2.75) is 26.3 Å². The van der Waals surface area contributed by atoms with Crippen LogP contribution >= 0.6 is 0 Å². The second kappa shape index (κ2) is 6.81. The van der Waals surface area contributed by atoms with Crippen LogP contribution in [-0.4, -0.2) is 56.0 Å². The number of nitrogens with zero attached hydrogens (tertiary/aromatic N) is 2. The predicted molar refractivity (Wildman–Crippen MR) is 92.5 cm³/mol. The fourth-order valence-corrected chi connectivity index (χ4v) is 3.25. The summed E-state index contributed by atoms with van der Waals surface area (Å²) >= 11 is 0. The highest BCUT2D eigenvalue weighted by atomic mass is 16.5. The number of amides is 2. The summed E-state index contributed by atoms with van der Waals surface area (Å²) in [6, 6.07) is 5.77. The van der Waals surface area contributed by atoms with E-state index in [0.29, 0.717) is 35.5 Å². The molecule has 1 saturated heterocycles. The lowest BCUT2D eigenvalue weighted by Crippen LogP contribution is -2.36. The van der Waals surface area contributed by atoms with Gasteiger partial charge in [-0.05, 0) is 50.9 Å². The van der Waals surface area contributed by atoms with Gasteiger partial charge in [0.05, 0.1) is 5.69 Å². The van der Waals surface area contributed by atoms with Gasteiger partial charge in [-0.1, -0.05) is 0 Å². The Hall–Kier alpha value is -2.08. The molecule has 0 aromatic heterocycles. The minimum atomic E-state index is -0.111. The van der Waals surface area contributed by atoms with Crippen molar-refractivity contribution in [3.8, 4) is 5.75 Å². The van der Waals surface area contributed by atoms with Crippen molar-refractivity contribution in [2.24, 2.45) is 5.92 Å². The van der Waals surface area contributed by atoms with Crippen LogP contribution in [0, 0.1) is 5.92 Å². The SMILES string of the molecule is CC(C)N1CCC(CNC(=O)c2ccc3c(c2)N(C)C(=O)CO3)C1. The Morgan fingerprint density at radius 2 is 2.21 bits per heavy atom. The molecule has 1 unspecified atom stereocenters. The smallest absolute Gasteiger partial charge is 0.264 e. The number of fused-ring (bicyclic) bond motifs is 1. The van der Waals surface area contributed by atoms with Crippen LogP contribution in [0.25, 0.3) is 0 Å². The average Bonchev–Trinajstić information content (AvgIpc) is 3.05. The number of ether oxygens (including phenoxy) is 1. The molecular formula is C18H25N3O3. The summed E-state index contributed by atoms with van der Waals surface area (Å²) in [6.45, 7) is 7.27. The summed E-state index contributed by atoms with van der Waals surface area (Å²) in [5.74, 6) is 0.922. The minimum Gasteiger partial charge on any atom is -0.482 e. The number of benzene rings is 1. The second-order valence-corrected chi connectivity index (χ2v) is 6.88. The molecule has 0 radical (unpaired) electrons. The third-order valence-electron chi connectivity index (χ3n) is 4.91. The molecule has 6 nitrogen and oxygen atoms in total. The van der Waals surface area contributed by atoms with Crippen molar-refractivity contribution in [1.82, 2.24) is 10.2 Å². The molecule has 1 N–H and O–H groups in total. The first-order valence-corrected chi connectivity index (χ1v) is 8.51. The third-order valence-corrected chi connectivity index (χ3v) is 4.91. The van der Waals surface area contributed by atoms with E-state index in [-0.39, 0.29) is 18.4 Å². The molecule has 0 saturated carbocycles. The monoisotopic (exact) mass is 331 g/mol. The van der Waals surface area contributed by atoms with Crippen molar-refractivity contribution in [3.63, 3.8) is 0 Å². The number of hydrogen-bond donors (Lipinski definition) is 1.